The van der Waals surface area contributed by atoms with Crippen LogP contribution in [0.1, 0.15) is 17.3 Å². The van der Waals surface area contributed by atoms with Gasteiger partial charge in [0.2, 0.25) is 5.88 Å². The Bertz CT molecular complexity index is 986. The Hall–Kier alpha value is -2.92. The number of methoxy groups -OCH3 is 1. The number of halogens is 1. The van der Waals surface area contributed by atoms with Crippen molar-refractivity contribution >= 4 is 34.3 Å². The average molecular weight is 370 g/mol. The van der Waals surface area contributed by atoms with Gasteiger partial charge in [0.05, 0.1) is 18.2 Å². The zero-order valence-electron chi connectivity index (χ0n) is 14.3. The van der Waals surface area contributed by atoms with Crippen LogP contribution in [0.15, 0.2) is 48.5 Å². The first kappa shape index (κ1) is 17.9. The molecule has 0 unspecified atom stereocenters. The number of pyridine rings is 1. The van der Waals surface area contributed by atoms with E-state index in [-0.39, 0.29) is 18.3 Å². The summed E-state index contributed by atoms with van der Waals surface area (Å²) in [6.45, 7) is 1.10. The van der Waals surface area contributed by atoms with Gasteiger partial charge in [0.1, 0.15) is 0 Å². The molecule has 0 aliphatic carbocycles. The van der Waals surface area contributed by atoms with E-state index in [9.17, 15) is 9.59 Å². The van der Waals surface area contributed by atoms with Gasteiger partial charge < -0.3 is 9.47 Å². The molecule has 0 bridgehead atoms. The van der Waals surface area contributed by atoms with Crippen LogP contribution in [0.2, 0.25) is 5.02 Å². The second-order valence-corrected chi connectivity index (χ2v) is 6.05. The zero-order chi connectivity index (χ0) is 18.7. The molecule has 6 heteroatoms. The fraction of sp³-hybridized carbons (Fsp3) is 0.150. The second-order valence-electron chi connectivity index (χ2n) is 5.62. The maximum absolute atomic E-state index is 12.4. The number of carbonyl (C=O) groups excluding carboxylic acids is 2. The van der Waals surface area contributed by atoms with E-state index in [1.54, 1.807) is 18.2 Å². The van der Waals surface area contributed by atoms with Crippen LogP contribution in [0, 0.1) is 0 Å². The summed E-state index contributed by atoms with van der Waals surface area (Å²) in [4.78, 5) is 28.3. The summed E-state index contributed by atoms with van der Waals surface area (Å²) in [6, 6.07) is 14.7. The number of aromatic nitrogens is 1. The van der Waals surface area contributed by atoms with Gasteiger partial charge in [-0.2, -0.15) is 0 Å². The van der Waals surface area contributed by atoms with Crippen molar-refractivity contribution in [2.24, 2.45) is 0 Å². The molecule has 3 rings (SSSR count). The molecule has 0 saturated carbocycles. The third-order valence-corrected chi connectivity index (χ3v) is 4.12. The topological polar surface area (TPSA) is 65.5 Å². The number of benzene rings is 2. The maximum atomic E-state index is 12.4. The largest absolute Gasteiger partial charge is 0.466 e. The highest BCUT2D eigenvalue weighted by atomic mass is 35.5. The van der Waals surface area contributed by atoms with Crippen LogP contribution in [0.25, 0.3) is 22.0 Å². The Labute approximate surface area is 155 Å². The number of nitrogens with zero attached hydrogens (tertiary/aromatic N) is 1. The van der Waals surface area contributed by atoms with Gasteiger partial charge in [0.15, 0.2) is 12.4 Å². The molecule has 1 heterocycles. The molecule has 5 nitrogen and oxygen atoms in total. The number of rotatable bonds is 5. The van der Waals surface area contributed by atoms with Crippen molar-refractivity contribution in [3.05, 3.63) is 59.1 Å². The Morgan fingerprint density at radius 1 is 1.12 bits per heavy atom. The number of carbonyl (C=O) groups is 2. The van der Waals surface area contributed by atoms with E-state index in [2.05, 4.69) is 9.72 Å². The minimum Gasteiger partial charge on any atom is -0.466 e. The van der Waals surface area contributed by atoms with Crippen molar-refractivity contribution < 1.29 is 19.1 Å². The molecule has 0 fully saturated rings. The molecule has 0 N–H and O–H groups in total. The van der Waals surface area contributed by atoms with Crippen LogP contribution in [0.5, 0.6) is 5.88 Å². The molecule has 0 spiro atoms. The van der Waals surface area contributed by atoms with Crippen molar-refractivity contribution in [3.63, 3.8) is 0 Å². The first-order valence-electron chi connectivity index (χ1n) is 7.90. The number of Topliss-reactive ketones (excluding diaryl/α,β-unsaturated/α-hetero) is 1. The Morgan fingerprint density at radius 2 is 1.85 bits per heavy atom. The summed E-state index contributed by atoms with van der Waals surface area (Å²) >= 11 is 6.17. The van der Waals surface area contributed by atoms with E-state index in [0.29, 0.717) is 21.7 Å². The third kappa shape index (κ3) is 3.53. The lowest BCUT2D eigenvalue weighted by Crippen LogP contribution is -2.15. The number of esters is 1. The third-order valence-electron chi connectivity index (χ3n) is 3.88. The smallest absolute Gasteiger partial charge is 0.343 e. The fourth-order valence-electron chi connectivity index (χ4n) is 2.73. The van der Waals surface area contributed by atoms with Gasteiger partial charge in [-0.1, -0.05) is 41.9 Å². The summed E-state index contributed by atoms with van der Waals surface area (Å²) in [5.41, 5.74) is 2.41. The van der Waals surface area contributed by atoms with Crippen molar-refractivity contribution in [2.75, 3.05) is 13.7 Å². The standard InChI is InChI=1S/C20H16ClNO4/c1-12(23)18-19(13-6-4-3-5-7-13)15-10-14(21)8-9-16(15)22-20(18)26-11-17(24)25-2/h3-10H,11H2,1-2H3. The molecular weight excluding hydrogens is 354 g/mol. The van der Waals surface area contributed by atoms with Crippen molar-refractivity contribution in [2.45, 2.75) is 6.92 Å². The number of ether oxygens (including phenoxy) is 2. The molecule has 132 valence electrons. The average Bonchev–Trinajstić information content (AvgIpc) is 2.65. The van der Waals surface area contributed by atoms with Crippen LogP contribution in [0.4, 0.5) is 0 Å². The van der Waals surface area contributed by atoms with Crippen LogP contribution in [-0.2, 0) is 9.53 Å². The first-order valence-corrected chi connectivity index (χ1v) is 8.28. The Morgan fingerprint density at radius 3 is 2.50 bits per heavy atom. The van der Waals surface area contributed by atoms with Gasteiger partial charge in [-0.3, -0.25) is 4.79 Å². The van der Waals surface area contributed by atoms with Crippen molar-refractivity contribution in [1.82, 2.24) is 4.98 Å². The maximum Gasteiger partial charge on any atom is 0.343 e. The summed E-state index contributed by atoms with van der Waals surface area (Å²) in [6.07, 6.45) is 0. The fourth-order valence-corrected chi connectivity index (χ4v) is 2.91. The molecule has 0 saturated heterocycles. The lowest BCUT2D eigenvalue weighted by atomic mass is 9.94. The number of fused-ring (bicyclic) bond motifs is 1. The van der Waals surface area contributed by atoms with Crippen LogP contribution in [0.3, 0.4) is 0 Å². The second kappa shape index (κ2) is 7.54. The molecule has 0 atom stereocenters. The van der Waals surface area contributed by atoms with Gasteiger partial charge in [0, 0.05) is 16.0 Å². The predicted octanol–water partition coefficient (Wildman–Crippen LogP) is 4.31. The summed E-state index contributed by atoms with van der Waals surface area (Å²) in [5, 5.41) is 1.27. The molecular formula is C20H16ClNO4. The summed E-state index contributed by atoms with van der Waals surface area (Å²) in [7, 11) is 1.27. The normalized spacial score (nSPS) is 10.6. The monoisotopic (exact) mass is 369 g/mol. The number of hydrogen-bond donors (Lipinski definition) is 0. The van der Waals surface area contributed by atoms with E-state index >= 15 is 0 Å². The summed E-state index contributed by atoms with van der Waals surface area (Å²) in [5.74, 6) is -0.687. The molecule has 26 heavy (non-hydrogen) atoms. The minimum atomic E-state index is -0.557. The lowest BCUT2D eigenvalue weighted by molar-refractivity contribution is -0.143. The van der Waals surface area contributed by atoms with E-state index in [4.69, 9.17) is 16.3 Å². The van der Waals surface area contributed by atoms with Gasteiger partial charge >= 0.3 is 5.97 Å². The molecule has 3 aromatic rings. The Kier molecular flexibility index (Phi) is 5.19. The van der Waals surface area contributed by atoms with Crippen molar-refractivity contribution in [1.29, 1.82) is 0 Å². The van der Waals surface area contributed by atoms with Crippen molar-refractivity contribution in [3.8, 4) is 17.0 Å². The Balaban J connectivity index is 2.31. The quantitative estimate of drug-likeness (QED) is 0.495. The van der Waals surface area contributed by atoms with E-state index in [1.165, 1.54) is 14.0 Å². The molecule has 0 aliphatic heterocycles. The number of hydrogen-bond acceptors (Lipinski definition) is 5. The lowest BCUT2D eigenvalue weighted by Gasteiger charge is -2.16. The zero-order valence-corrected chi connectivity index (χ0v) is 15.0. The van der Waals surface area contributed by atoms with Crippen LogP contribution >= 0.6 is 11.6 Å². The van der Waals surface area contributed by atoms with E-state index < -0.39 is 5.97 Å². The highest BCUT2D eigenvalue weighted by Gasteiger charge is 2.22. The van der Waals surface area contributed by atoms with Gasteiger partial charge in [-0.25, -0.2) is 9.78 Å². The molecule has 1 aromatic heterocycles. The molecule has 0 aliphatic rings. The SMILES string of the molecule is COC(=O)COc1nc2ccc(Cl)cc2c(-c2ccccc2)c1C(C)=O. The molecule has 0 amide bonds. The predicted molar refractivity (Wildman–Crippen MR) is 99.7 cm³/mol. The summed E-state index contributed by atoms with van der Waals surface area (Å²) < 4.78 is 10.1. The first-order chi connectivity index (χ1) is 12.5. The highest BCUT2D eigenvalue weighted by Crippen LogP contribution is 2.37. The molecule has 0 radical (unpaired) electrons. The highest BCUT2D eigenvalue weighted by molar-refractivity contribution is 6.31. The van der Waals surface area contributed by atoms with Crippen LogP contribution in [-0.4, -0.2) is 30.5 Å². The van der Waals surface area contributed by atoms with Gasteiger partial charge in [-0.05, 0) is 30.7 Å². The number of ketones is 1. The minimum absolute atomic E-state index is 0.0941. The van der Waals surface area contributed by atoms with Crippen LogP contribution < -0.4 is 4.74 Å². The van der Waals surface area contributed by atoms with E-state index in [0.717, 1.165) is 10.9 Å². The molecule has 2 aromatic carbocycles. The van der Waals surface area contributed by atoms with E-state index in [1.807, 2.05) is 30.3 Å². The van der Waals surface area contributed by atoms with Gasteiger partial charge in [-0.15, -0.1) is 0 Å². The van der Waals surface area contributed by atoms with Gasteiger partial charge in [0.25, 0.3) is 0 Å².